The van der Waals surface area contributed by atoms with Crippen LogP contribution >= 0.6 is 11.6 Å². The van der Waals surface area contributed by atoms with Gasteiger partial charge in [-0.2, -0.15) is 0 Å². The van der Waals surface area contributed by atoms with E-state index in [1.165, 1.54) is 4.90 Å². The Morgan fingerprint density at radius 2 is 1.56 bits per heavy atom. The van der Waals surface area contributed by atoms with Crippen molar-refractivity contribution in [2.45, 2.75) is 52.2 Å². The first-order chi connectivity index (χ1) is 18.5. The molecule has 208 valence electrons. The highest BCUT2D eigenvalue weighted by atomic mass is 35.5. The zero-order valence-electron chi connectivity index (χ0n) is 22.8. The number of amides is 2. The fraction of sp³-hybridized carbons (Fsp3) is 0.333. The van der Waals surface area contributed by atoms with Crippen LogP contribution in [-0.2, 0) is 32.6 Å². The average molecular weight is 570 g/mol. The minimum absolute atomic E-state index is 0.0955. The van der Waals surface area contributed by atoms with E-state index in [4.69, 9.17) is 11.6 Å². The number of nitrogens with zero attached hydrogens (tertiary/aromatic N) is 2. The van der Waals surface area contributed by atoms with Gasteiger partial charge in [0, 0.05) is 19.0 Å². The van der Waals surface area contributed by atoms with Gasteiger partial charge in [0.25, 0.3) is 0 Å². The molecule has 3 aromatic rings. The van der Waals surface area contributed by atoms with Crippen LogP contribution in [0.3, 0.4) is 0 Å². The number of anilines is 1. The second kappa shape index (κ2) is 13.6. The molecular weight excluding hydrogens is 534 g/mol. The molecule has 0 bridgehead atoms. The summed E-state index contributed by atoms with van der Waals surface area (Å²) >= 11 is 6.34. The molecule has 3 rings (SSSR count). The van der Waals surface area contributed by atoms with Gasteiger partial charge >= 0.3 is 0 Å². The topological polar surface area (TPSA) is 86.8 Å². The van der Waals surface area contributed by atoms with E-state index in [1.54, 1.807) is 24.3 Å². The number of carbonyl (C=O) groups excluding carboxylic acids is 2. The molecule has 0 radical (unpaired) electrons. The molecule has 2 atom stereocenters. The number of benzene rings is 3. The van der Waals surface area contributed by atoms with Crippen molar-refractivity contribution < 1.29 is 18.0 Å². The molecule has 7 nitrogen and oxygen atoms in total. The van der Waals surface area contributed by atoms with Crippen molar-refractivity contribution in [2.75, 3.05) is 17.1 Å². The Morgan fingerprint density at radius 1 is 0.949 bits per heavy atom. The predicted octanol–water partition coefficient (Wildman–Crippen LogP) is 4.97. The van der Waals surface area contributed by atoms with Gasteiger partial charge in [-0.25, -0.2) is 8.42 Å². The van der Waals surface area contributed by atoms with Crippen molar-refractivity contribution in [1.29, 1.82) is 0 Å². The molecule has 0 fully saturated rings. The van der Waals surface area contributed by atoms with E-state index >= 15 is 0 Å². The van der Waals surface area contributed by atoms with E-state index in [0.29, 0.717) is 0 Å². The lowest BCUT2D eigenvalue weighted by Crippen LogP contribution is -2.54. The van der Waals surface area contributed by atoms with Crippen molar-refractivity contribution in [1.82, 2.24) is 10.2 Å². The Balaban J connectivity index is 2.08. The molecule has 9 heteroatoms. The summed E-state index contributed by atoms with van der Waals surface area (Å²) in [6, 6.07) is 22.6. The summed E-state index contributed by atoms with van der Waals surface area (Å²) in [5, 5.41) is 3.23. The fourth-order valence-electron chi connectivity index (χ4n) is 4.21. The van der Waals surface area contributed by atoms with Gasteiger partial charge in [0.15, 0.2) is 0 Å². The van der Waals surface area contributed by atoms with Crippen LogP contribution in [0.25, 0.3) is 0 Å². The van der Waals surface area contributed by atoms with E-state index in [9.17, 15) is 18.0 Å². The smallest absolute Gasteiger partial charge is 0.244 e. The molecule has 0 saturated heterocycles. The summed E-state index contributed by atoms with van der Waals surface area (Å²) in [6.07, 6.45) is 2.03. The monoisotopic (exact) mass is 569 g/mol. The fourth-order valence-corrected chi connectivity index (χ4v) is 5.36. The number of aryl methyl sites for hydroxylation is 1. The van der Waals surface area contributed by atoms with Gasteiger partial charge in [0.2, 0.25) is 21.8 Å². The zero-order valence-corrected chi connectivity index (χ0v) is 24.4. The summed E-state index contributed by atoms with van der Waals surface area (Å²) in [6.45, 7) is 5.46. The maximum absolute atomic E-state index is 14.1. The second-order valence-electron chi connectivity index (χ2n) is 9.69. The summed E-state index contributed by atoms with van der Waals surface area (Å²) in [7, 11) is -3.88. The highest BCUT2D eigenvalue weighted by molar-refractivity contribution is 7.92. The van der Waals surface area contributed by atoms with Gasteiger partial charge in [0.05, 0.1) is 17.0 Å². The van der Waals surface area contributed by atoms with Crippen LogP contribution in [0.5, 0.6) is 0 Å². The van der Waals surface area contributed by atoms with Crippen molar-refractivity contribution >= 4 is 39.1 Å². The Morgan fingerprint density at radius 3 is 2.18 bits per heavy atom. The molecule has 0 saturated carbocycles. The molecule has 0 spiro atoms. The molecule has 0 aromatic heterocycles. The first-order valence-electron chi connectivity index (χ1n) is 12.9. The van der Waals surface area contributed by atoms with Crippen molar-refractivity contribution in [2.24, 2.45) is 0 Å². The Hall–Kier alpha value is -3.36. The SMILES string of the molecule is CCC(C)NC(=O)C(Cc1ccccc1)N(Cc1ccccc1C)C(=O)CN(c1ccccc1Cl)S(C)(=O)=O. The molecule has 2 amide bonds. The van der Waals surface area contributed by atoms with Gasteiger partial charge in [-0.05, 0) is 49.1 Å². The van der Waals surface area contributed by atoms with E-state index in [0.717, 1.165) is 33.7 Å². The molecular formula is C30H36ClN3O4S. The van der Waals surface area contributed by atoms with Crippen LogP contribution in [-0.4, -0.2) is 50.0 Å². The number of hydrogen-bond donors (Lipinski definition) is 1. The molecule has 2 unspecified atom stereocenters. The summed E-state index contributed by atoms with van der Waals surface area (Å²) in [5.74, 6) is -0.803. The number of rotatable bonds is 12. The number of carbonyl (C=O) groups is 2. The highest BCUT2D eigenvalue weighted by Crippen LogP contribution is 2.28. The normalized spacial score (nSPS) is 12.8. The van der Waals surface area contributed by atoms with E-state index in [2.05, 4.69) is 5.32 Å². The van der Waals surface area contributed by atoms with E-state index in [1.807, 2.05) is 75.4 Å². The summed E-state index contributed by atoms with van der Waals surface area (Å²) < 4.78 is 26.7. The molecule has 0 aliphatic carbocycles. The third-order valence-corrected chi connectivity index (χ3v) is 8.12. The minimum Gasteiger partial charge on any atom is -0.352 e. The molecule has 1 N–H and O–H groups in total. The number of halogens is 1. The molecule has 39 heavy (non-hydrogen) atoms. The number of para-hydroxylation sites is 1. The number of sulfonamides is 1. The Labute approximate surface area is 236 Å². The second-order valence-corrected chi connectivity index (χ2v) is 12.0. The van der Waals surface area contributed by atoms with E-state index < -0.39 is 28.5 Å². The van der Waals surface area contributed by atoms with Gasteiger partial charge in [-0.15, -0.1) is 0 Å². The summed E-state index contributed by atoms with van der Waals surface area (Å²) in [5.41, 5.74) is 2.91. The lowest BCUT2D eigenvalue weighted by molar-refractivity contribution is -0.140. The standard InChI is InChI=1S/C30H36ClN3O4S/c1-5-23(3)32-30(36)28(19-24-14-7-6-8-15-24)33(20-25-16-10-9-13-22(25)2)29(35)21-34(39(4,37)38)27-18-12-11-17-26(27)31/h6-18,23,28H,5,19-21H2,1-4H3,(H,32,36). The van der Waals surface area contributed by atoms with Crippen molar-refractivity contribution in [3.8, 4) is 0 Å². The Kier molecular flexibility index (Phi) is 10.5. The van der Waals surface area contributed by atoms with Gasteiger partial charge in [0.1, 0.15) is 12.6 Å². The molecule has 0 aliphatic rings. The first kappa shape index (κ1) is 30.2. The molecule has 0 heterocycles. The van der Waals surface area contributed by atoms with Crippen LogP contribution < -0.4 is 9.62 Å². The zero-order chi connectivity index (χ0) is 28.6. The van der Waals surface area contributed by atoms with Crippen molar-refractivity contribution in [3.63, 3.8) is 0 Å². The van der Waals surface area contributed by atoms with Gasteiger partial charge in [-0.3, -0.25) is 13.9 Å². The van der Waals surface area contributed by atoms with Gasteiger partial charge < -0.3 is 10.2 Å². The third kappa shape index (κ3) is 8.31. The molecule has 3 aromatic carbocycles. The Bertz CT molecular complexity index is 1380. The highest BCUT2D eigenvalue weighted by Gasteiger charge is 2.34. The van der Waals surface area contributed by atoms with Gasteiger partial charge in [-0.1, -0.05) is 85.3 Å². The lowest BCUT2D eigenvalue weighted by Gasteiger charge is -2.34. The minimum atomic E-state index is -3.88. The quantitative estimate of drug-likeness (QED) is 0.334. The number of hydrogen-bond acceptors (Lipinski definition) is 4. The maximum Gasteiger partial charge on any atom is 0.244 e. The molecule has 0 aliphatic heterocycles. The maximum atomic E-state index is 14.1. The van der Waals surface area contributed by atoms with Crippen LogP contribution in [0.4, 0.5) is 5.69 Å². The largest absolute Gasteiger partial charge is 0.352 e. The third-order valence-electron chi connectivity index (χ3n) is 6.67. The van der Waals surface area contributed by atoms with Crippen LogP contribution in [0.15, 0.2) is 78.9 Å². The predicted molar refractivity (Wildman–Crippen MR) is 157 cm³/mol. The average Bonchev–Trinajstić information content (AvgIpc) is 2.90. The summed E-state index contributed by atoms with van der Waals surface area (Å²) in [4.78, 5) is 29.3. The van der Waals surface area contributed by atoms with E-state index in [-0.39, 0.29) is 35.6 Å². The van der Waals surface area contributed by atoms with Crippen LogP contribution in [0.2, 0.25) is 5.02 Å². The lowest BCUT2D eigenvalue weighted by atomic mass is 10.0. The first-order valence-corrected chi connectivity index (χ1v) is 15.1. The van der Waals surface area contributed by atoms with Crippen LogP contribution in [0.1, 0.15) is 37.0 Å². The number of nitrogens with one attached hydrogen (secondary N) is 1. The van der Waals surface area contributed by atoms with Crippen molar-refractivity contribution in [3.05, 3.63) is 101 Å². The van der Waals surface area contributed by atoms with Crippen LogP contribution in [0, 0.1) is 6.92 Å².